The summed E-state index contributed by atoms with van der Waals surface area (Å²) in [4.78, 5) is 16.6. The number of ether oxygens (including phenoxy) is 2. The van der Waals surface area contributed by atoms with E-state index in [4.69, 9.17) is 30.7 Å². The van der Waals surface area contributed by atoms with Crippen LogP contribution in [0.1, 0.15) is 37.9 Å². The van der Waals surface area contributed by atoms with Crippen LogP contribution >= 0.6 is 11.6 Å². The van der Waals surface area contributed by atoms with Crippen LogP contribution in [0.15, 0.2) is 51.7 Å². The van der Waals surface area contributed by atoms with Gasteiger partial charge in [-0.3, -0.25) is 10.1 Å². The van der Waals surface area contributed by atoms with Crippen LogP contribution in [-0.2, 0) is 14.4 Å². The van der Waals surface area contributed by atoms with E-state index >= 15 is 0 Å². The summed E-state index contributed by atoms with van der Waals surface area (Å²) in [6.45, 7) is 1.50. The molecule has 0 radical (unpaired) electrons. The lowest BCUT2D eigenvalue weighted by molar-refractivity contribution is -0.253. The number of allylic oxidation sites excluding steroid dienone is 2. The van der Waals surface area contributed by atoms with Crippen LogP contribution in [0.25, 0.3) is 16.5 Å². The highest BCUT2D eigenvalue weighted by Crippen LogP contribution is 2.28. The van der Waals surface area contributed by atoms with Crippen molar-refractivity contribution in [1.29, 1.82) is 0 Å². The zero-order valence-corrected chi connectivity index (χ0v) is 18.1. The molecule has 2 aromatic rings. The fraction of sp³-hybridized carbons (Fsp3) is 0.458. The smallest absolute Gasteiger partial charge is 0.193 e. The molecule has 166 valence electrons. The van der Waals surface area contributed by atoms with E-state index in [1.807, 2.05) is 18.2 Å². The van der Waals surface area contributed by atoms with Crippen molar-refractivity contribution in [3.8, 4) is 0 Å². The van der Waals surface area contributed by atoms with Crippen LogP contribution in [0.3, 0.4) is 0 Å². The predicted molar refractivity (Wildman–Crippen MR) is 119 cm³/mol. The second-order valence-corrected chi connectivity index (χ2v) is 8.47. The van der Waals surface area contributed by atoms with Crippen molar-refractivity contribution < 1.29 is 24.0 Å². The van der Waals surface area contributed by atoms with Crippen molar-refractivity contribution in [3.05, 3.63) is 63.5 Å². The van der Waals surface area contributed by atoms with Crippen LogP contribution in [0.4, 0.5) is 0 Å². The maximum absolute atomic E-state index is 12.4. The summed E-state index contributed by atoms with van der Waals surface area (Å²) in [5, 5.41) is 9.45. The highest BCUT2D eigenvalue weighted by atomic mass is 35.5. The van der Waals surface area contributed by atoms with Crippen LogP contribution in [-0.4, -0.2) is 37.3 Å². The van der Waals surface area contributed by atoms with E-state index < -0.39 is 0 Å². The van der Waals surface area contributed by atoms with Gasteiger partial charge in [0.1, 0.15) is 5.76 Å². The molecule has 1 unspecified atom stereocenters. The van der Waals surface area contributed by atoms with Gasteiger partial charge in [-0.15, -0.1) is 0 Å². The molecule has 1 heterocycles. The highest BCUT2D eigenvalue weighted by molar-refractivity contribution is 6.34. The van der Waals surface area contributed by atoms with Gasteiger partial charge in [0.05, 0.1) is 42.4 Å². The Labute approximate surface area is 186 Å². The van der Waals surface area contributed by atoms with E-state index in [9.17, 15) is 4.79 Å². The molecule has 0 amide bonds. The van der Waals surface area contributed by atoms with Crippen molar-refractivity contribution in [2.45, 2.75) is 44.3 Å². The maximum Gasteiger partial charge on any atom is 0.193 e. The molecule has 1 atom stereocenters. The molecule has 2 aliphatic rings. The first-order valence-corrected chi connectivity index (χ1v) is 11.1. The molecule has 1 aromatic carbocycles. The average molecular weight is 447 g/mol. The normalized spacial score (nSPS) is 23.8. The number of rotatable bonds is 8. The maximum atomic E-state index is 12.4. The molecule has 1 saturated carbocycles. The van der Waals surface area contributed by atoms with Crippen molar-refractivity contribution in [3.63, 3.8) is 0 Å². The first kappa shape index (κ1) is 22.2. The Kier molecular flexibility index (Phi) is 7.58. The Bertz CT molecular complexity index is 1000. The molecule has 31 heavy (non-hydrogen) atoms. The van der Waals surface area contributed by atoms with Crippen LogP contribution in [0.2, 0.25) is 5.02 Å². The van der Waals surface area contributed by atoms with Gasteiger partial charge >= 0.3 is 0 Å². The molecule has 2 aliphatic carbocycles. The number of hydrogen-bond acceptors (Lipinski definition) is 6. The molecule has 7 heteroatoms. The summed E-state index contributed by atoms with van der Waals surface area (Å²) in [5.41, 5.74) is 1.15. The Morgan fingerprint density at radius 3 is 2.68 bits per heavy atom. The van der Waals surface area contributed by atoms with Gasteiger partial charge in [0, 0.05) is 11.6 Å². The Morgan fingerprint density at radius 1 is 1.13 bits per heavy atom. The zero-order chi connectivity index (χ0) is 21.6. The number of fused-ring (bicyclic) bond motifs is 1. The van der Waals surface area contributed by atoms with Crippen LogP contribution in [0.5, 0.6) is 0 Å². The third kappa shape index (κ3) is 5.64. The van der Waals surface area contributed by atoms with E-state index in [1.165, 1.54) is 6.07 Å². The lowest BCUT2D eigenvalue weighted by Gasteiger charge is -2.27. The first-order chi connectivity index (χ1) is 15.1. The zero-order valence-electron chi connectivity index (χ0n) is 17.3. The number of benzene rings is 1. The largest absolute Gasteiger partial charge is 0.454 e. The van der Waals surface area contributed by atoms with E-state index in [0.717, 1.165) is 31.3 Å². The molecule has 0 aliphatic heterocycles. The summed E-state index contributed by atoms with van der Waals surface area (Å²) in [6, 6.07) is 6.67. The molecule has 0 spiro atoms. The standard InChI is InChI=1S/C24H27ClO6/c25-21-3-1-2-20-22(26)14-23(31-24(20)21)17-6-10-19(11-7-17)29-13-12-28-18-8-4-16(5-9-18)15-30-27/h1-3,6-7,10,14,16,18-19,27H,4-5,8-9,11-13,15H2. The van der Waals surface area contributed by atoms with Gasteiger partial charge in [-0.1, -0.05) is 35.9 Å². The van der Waals surface area contributed by atoms with Crippen molar-refractivity contribution >= 4 is 28.1 Å². The SMILES string of the molecule is O=c1cc(C2=CCC(OCCOC3CCC(COO)CC3)C=C2)oc2c(Cl)cccc12. The van der Waals surface area contributed by atoms with E-state index in [1.54, 1.807) is 18.2 Å². The third-order valence-corrected chi connectivity index (χ3v) is 6.22. The van der Waals surface area contributed by atoms with Gasteiger partial charge in [-0.25, -0.2) is 4.89 Å². The Morgan fingerprint density at radius 2 is 1.94 bits per heavy atom. The number of para-hydroxylation sites is 1. The van der Waals surface area contributed by atoms with E-state index in [2.05, 4.69) is 4.89 Å². The minimum atomic E-state index is -0.110. The summed E-state index contributed by atoms with van der Waals surface area (Å²) in [6.07, 6.45) is 10.8. The van der Waals surface area contributed by atoms with Gasteiger partial charge in [-0.05, 0) is 50.2 Å². The second-order valence-electron chi connectivity index (χ2n) is 8.06. The number of hydrogen-bond donors (Lipinski definition) is 1. The predicted octanol–water partition coefficient (Wildman–Crippen LogP) is 5.24. The van der Waals surface area contributed by atoms with Crippen molar-refractivity contribution in [1.82, 2.24) is 0 Å². The van der Waals surface area contributed by atoms with Crippen LogP contribution in [0, 0.1) is 5.92 Å². The summed E-state index contributed by atoms with van der Waals surface area (Å²) in [7, 11) is 0. The number of halogens is 1. The molecule has 1 N–H and O–H groups in total. The minimum absolute atomic E-state index is 0.0273. The van der Waals surface area contributed by atoms with E-state index in [-0.39, 0.29) is 17.6 Å². The molecule has 4 rings (SSSR count). The van der Waals surface area contributed by atoms with E-state index in [0.29, 0.717) is 53.9 Å². The fourth-order valence-corrected chi connectivity index (χ4v) is 4.39. The minimum Gasteiger partial charge on any atom is -0.454 e. The lowest BCUT2D eigenvalue weighted by Crippen LogP contribution is -2.25. The van der Waals surface area contributed by atoms with Gasteiger partial charge in [0.15, 0.2) is 11.0 Å². The van der Waals surface area contributed by atoms with Gasteiger partial charge in [0.25, 0.3) is 0 Å². The average Bonchev–Trinajstić information content (AvgIpc) is 2.79. The fourth-order valence-electron chi connectivity index (χ4n) is 4.18. The second kappa shape index (κ2) is 10.6. The molecular weight excluding hydrogens is 420 g/mol. The van der Waals surface area contributed by atoms with Gasteiger partial charge in [-0.2, -0.15) is 0 Å². The lowest BCUT2D eigenvalue weighted by atomic mass is 9.88. The highest BCUT2D eigenvalue weighted by Gasteiger charge is 2.22. The van der Waals surface area contributed by atoms with Gasteiger partial charge < -0.3 is 13.9 Å². The summed E-state index contributed by atoms with van der Waals surface area (Å²) < 4.78 is 17.7. The van der Waals surface area contributed by atoms with Crippen molar-refractivity contribution in [2.24, 2.45) is 5.92 Å². The Hall–Kier alpha value is -1.96. The quantitative estimate of drug-likeness (QED) is 0.339. The first-order valence-electron chi connectivity index (χ1n) is 10.7. The molecule has 0 saturated heterocycles. The molecule has 1 fully saturated rings. The molecule has 1 aromatic heterocycles. The Balaban J connectivity index is 1.24. The van der Waals surface area contributed by atoms with Crippen LogP contribution < -0.4 is 5.43 Å². The molecular formula is C24H27ClO6. The summed E-state index contributed by atoms with van der Waals surface area (Å²) >= 11 is 6.19. The summed E-state index contributed by atoms with van der Waals surface area (Å²) in [5.74, 6) is 0.934. The third-order valence-electron chi connectivity index (χ3n) is 5.92. The monoisotopic (exact) mass is 446 g/mol. The molecule has 0 bridgehead atoms. The molecule has 6 nitrogen and oxygen atoms in total. The van der Waals surface area contributed by atoms with Gasteiger partial charge in [0.2, 0.25) is 0 Å². The topological polar surface area (TPSA) is 78.1 Å². The van der Waals surface area contributed by atoms with Crippen molar-refractivity contribution in [2.75, 3.05) is 19.8 Å².